The molecule has 3 unspecified atom stereocenters. The number of rotatable bonds is 3. The minimum absolute atomic E-state index is 0.00528. The van der Waals surface area contributed by atoms with Gasteiger partial charge in [0.05, 0.1) is 0 Å². The Morgan fingerprint density at radius 2 is 1.89 bits per heavy atom. The fourth-order valence-corrected chi connectivity index (χ4v) is 2.70. The van der Waals surface area contributed by atoms with Gasteiger partial charge in [-0.1, -0.05) is 40.5 Å². The van der Waals surface area contributed by atoms with E-state index in [1.165, 1.54) is 19.3 Å². The summed E-state index contributed by atoms with van der Waals surface area (Å²) in [6.07, 6.45) is 5.41. The molecular weight excluding hydrogens is 224 g/mol. The molecule has 0 heterocycles. The van der Waals surface area contributed by atoms with Crippen molar-refractivity contribution in [3.05, 3.63) is 0 Å². The molecule has 1 rings (SSSR count). The summed E-state index contributed by atoms with van der Waals surface area (Å²) in [5.74, 6) is 0.828. The molecule has 106 valence electrons. The molecular formula is C15H30N2O. The highest BCUT2D eigenvalue weighted by Crippen LogP contribution is 2.28. The Labute approximate surface area is 112 Å². The van der Waals surface area contributed by atoms with Crippen LogP contribution in [-0.4, -0.2) is 29.9 Å². The molecule has 1 amide bonds. The van der Waals surface area contributed by atoms with Crippen molar-refractivity contribution in [2.24, 2.45) is 17.1 Å². The predicted octanol–water partition coefficient (Wildman–Crippen LogP) is 2.79. The summed E-state index contributed by atoms with van der Waals surface area (Å²) in [5, 5.41) is 0. The summed E-state index contributed by atoms with van der Waals surface area (Å²) in [4.78, 5) is 14.2. The van der Waals surface area contributed by atoms with Crippen molar-refractivity contribution in [3.8, 4) is 0 Å². The van der Waals surface area contributed by atoms with Gasteiger partial charge in [0, 0.05) is 25.6 Å². The molecule has 0 radical (unpaired) electrons. The largest absolute Gasteiger partial charge is 0.342 e. The molecule has 18 heavy (non-hydrogen) atoms. The van der Waals surface area contributed by atoms with Crippen LogP contribution in [0.4, 0.5) is 0 Å². The van der Waals surface area contributed by atoms with Crippen LogP contribution in [-0.2, 0) is 4.79 Å². The van der Waals surface area contributed by atoms with Crippen molar-refractivity contribution in [3.63, 3.8) is 0 Å². The maximum atomic E-state index is 12.3. The van der Waals surface area contributed by atoms with Crippen LogP contribution in [0.2, 0.25) is 0 Å². The van der Waals surface area contributed by atoms with Crippen LogP contribution in [0.15, 0.2) is 0 Å². The quantitative estimate of drug-likeness (QED) is 0.842. The van der Waals surface area contributed by atoms with Gasteiger partial charge in [0.15, 0.2) is 0 Å². The Bertz CT molecular complexity index is 283. The van der Waals surface area contributed by atoms with Gasteiger partial charge in [-0.15, -0.1) is 0 Å². The third-order valence-corrected chi connectivity index (χ3v) is 4.46. The molecule has 0 bridgehead atoms. The molecule has 3 atom stereocenters. The molecule has 1 aliphatic rings. The number of carbonyl (C=O) groups excluding carboxylic acids is 1. The number of hydrogen-bond donors (Lipinski definition) is 1. The van der Waals surface area contributed by atoms with E-state index in [0.29, 0.717) is 18.4 Å². The molecule has 0 aliphatic heterocycles. The fourth-order valence-electron chi connectivity index (χ4n) is 2.70. The number of carbonyl (C=O) groups is 1. The highest BCUT2D eigenvalue weighted by atomic mass is 16.2. The lowest BCUT2D eigenvalue weighted by molar-refractivity contribution is -0.134. The number of nitrogens with zero attached hydrogens (tertiary/aromatic N) is 1. The Morgan fingerprint density at radius 1 is 1.33 bits per heavy atom. The average Bonchev–Trinajstić information content (AvgIpc) is 2.27. The van der Waals surface area contributed by atoms with Gasteiger partial charge >= 0.3 is 0 Å². The molecule has 0 aromatic rings. The van der Waals surface area contributed by atoms with E-state index in [-0.39, 0.29) is 17.4 Å². The van der Waals surface area contributed by atoms with Crippen molar-refractivity contribution >= 4 is 5.91 Å². The summed E-state index contributed by atoms with van der Waals surface area (Å²) in [5.41, 5.74) is 6.10. The molecule has 1 saturated carbocycles. The van der Waals surface area contributed by atoms with Crippen molar-refractivity contribution in [2.75, 3.05) is 7.05 Å². The van der Waals surface area contributed by atoms with Gasteiger partial charge in [-0.25, -0.2) is 0 Å². The van der Waals surface area contributed by atoms with E-state index in [0.717, 1.165) is 6.42 Å². The van der Waals surface area contributed by atoms with E-state index in [1.54, 1.807) is 0 Å². The normalized spacial score (nSPS) is 26.8. The van der Waals surface area contributed by atoms with Crippen LogP contribution in [0.5, 0.6) is 0 Å². The molecule has 1 fully saturated rings. The Kier molecular flexibility index (Phi) is 5.20. The lowest BCUT2D eigenvalue weighted by Gasteiger charge is -2.37. The maximum Gasteiger partial charge on any atom is 0.224 e. The summed E-state index contributed by atoms with van der Waals surface area (Å²) < 4.78 is 0. The molecule has 0 saturated heterocycles. The highest BCUT2D eigenvalue weighted by molar-refractivity contribution is 5.77. The average molecular weight is 254 g/mol. The highest BCUT2D eigenvalue weighted by Gasteiger charge is 2.30. The first kappa shape index (κ1) is 15.5. The van der Waals surface area contributed by atoms with Crippen molar-refractivity contribution in [1.29, 1.82) is 0 Å². The third kappa shape index (κ3) is 3.98. The summed E-state index contributed by atoms with van der Waals surface area (Å²) in [7, 11) is 1.95. The molecule has 2 N–H and O–H groups in total. The molecule has 3 heteroatoms. The van der Waals surface area contributed by atoms with Crippen LogP contribution < -0.4 is 5.73 Å². The Balaban J connectivity index is 2.55. The standard InChI is InChI=1S/C15H30N2O/c1-11-8-6-7-9-12(11)17(5)14(18)10-13(16)15(2,3)4/h11-13H,6-10,16H2,1-5H3. The van der Waals surface area contributed by atoms with E-state index in [4.69, 9.17) is 5.73 Å². The fraction of sp³-hybridized carbons (Fsp3) is 0.933. The Morgan fingerprint density at radius 3 is 2.39 bits per heavy atom. The SMILES string of the molecule is CC1CCCCC1N(C)C(=O)CC(N)C(C)(C)C. The summed E-state index contributed by atoms with van der Waals surface area (Å²) in [6.45, 7) is 8.54. The number of nitrogens with two attached hydrogens (primary N) is 1. The van der Waals surface area contributed by atoms with E-state index in [2.05, 4.69) is 27.7 Å². The summed E-state index contributed by atoms with van der Waals surface area (Å²) in [6, 6.07) is 0.352. The van der Waals surface area contributed by atoms with Crippen molar-refractivity contribution in [1.82, 2.24) is 4.90 Å². The van der Waals surface area contributed by atoms with E-state index in [1.807, 2.05) is 11.9 Å². The lowest BCUT2D eigenvalue weighted by Crippen LogP contribution is -2.46. The zero-order valence-electron chi connectivity index (χ0n) is 12.7. The molecule has 0 aromatic carbocycles. The lowest BCUT2D eigenvalue weighted by atomic mass is 9.83. The first-order valence-corrected chi connectivity index (χ1v) is 7.24. The first-order chi connectivity index (χ1) is 8.23. The van der Waals surface area contributed by atoms with E-state index in [9.17, 15) is 4.79 Å². The van der Waals surface area contributed by atoms with Gasteiger partial charge in [0.1, 0.15) is 0 Å². The van der Waals surface area contributed by atoms with E-state index < -0.39 is 0 Å². The maximum absolute atomic E-state index is 12.3. The molecule has 1 aliphatic carbocycles. The van der Waals surface area contributed by atoms with Crippen LogP contribution in [0.25, 0.3) is 0 Å². The first-order valence-electron chi connectivity index (χ1n) is 7.24. The zero-order chi connectivity index (χ0) is 13.9. The molecule has 3 nitrogen and oxygen atoms in total. The van der Waals surface area contributed by atoms with Gasteiger partial charge in [0.2, 0.25) is 5.91 Å². The third-order valence-electron chi connectivity index (χ3n) is 4.46. The predicted molar refractivity (Wildman–Crippen MR) is 76.2 cm³/mol. The van der Waals surface area contributed by atoms with Crippen LogP contribution in [0, 0.1) is 11.3 Å². The van der Waals surface area contributed by atoms with Gasteiger partial charge in [-0.05, 0) is 24.2 Å². The smallest absolute Gasteiger partial charge is 0.224 e. The number of hydrogen-bond acceptors (Lipinski definition) is 2. The minimum Gasteiger partial charge on any atom is -0.342 e. The zero-order valence-corrected chi connectivity index (χ0v) is 12.7. The number of amides is 1. The second-order valence-corrected chi connectivity index (χ2v) is 7.01. The van der Waals surface area contributed by atoms with Gasteiger partial charge in [-0.2, -0.15) is 0 Å². The Hall–Kier alpha value is -0.570. The van der Waals surface area contributed by atoms with E-state index >= 15 is 0 Å². The van der Waals surface area contributed by atoms with Crippen molar-refractivity contribution in [2.45, 2.75) is 71.9 Å². The second kappa shape index (κ2) is 6.05. The summed E-state index contributed by atoms with van der Waals surface area (Å²) >= 11 is 0. The second-order valence-electron chi connectivity index (χ2n) is 7.01. The van der Waals surface area contributed by atoms with Crippen LogP contribution >= 0.6 is 0 Å². The van der Waals surface area contributed by atoms with Crippen LogP contribution in [0.3, 0.4) is 0 Å². The molecule has 0 spiro atoms. The van der Waals surface area contributed by atoms with Crippen molar-refractivity contribution < 1.29 is 4.79 Å². The topological polar surface area (TPSA) is 46.3 Å². The van der Waals surface area contributed by atoms with Gasteiger partial charge < -0.3 is 10.6 Å². The molecule has 0 aromatic heterocycles. The van der Waals surface area contributed by atoms with Gasteiger partial charge in [0.25, 0.3) is 0 Å². The van der Waals surface area contributed by atoms with Gasteiger partial charge in [-0.3, -0.25) is 4.79 Å². The monoisotopic (exact) mass is 254 g/mol. The minimum atomic E-state index is -0.0636. The van der Waals surface area contributed by atoms with Crippen LogP contribution in [0.1, 0.15) is 59.8 Å².